The normalized spacial score (nSPS) is 12.1. The fourth-order valence-electron chi connectivity index (χ4n) is 3.97. The van der Waals surface area contributed by atoms with E-state index in [0.29, 0.717) is 32.1 Å². The minimum absolute atomic E-state index is 0.00807. The Bertz CT molecular complexity index is 1910. The quantitative estimate of drug-likeness (QED) is 0.235. The highest BCUT2D eigenvalue weighted by Gasteiger charge is 2.15. The monoisotopic (exact) mass is 518 g/mol. The van der Waals surface area contributed by atoms with Crippen LogP contribution in [-0.4, -0.2) is 29.3 Å². The van der Waals surface area contributed by atoms with Crippen LogP contribution in [0.15, 0.2) is 95.9 Å². The molecule has 10 heteroatoms. The molecule has 38 heavy (non-hydrogen) atoms. The molecule has 0 bridgehead atoms. The van der Waals surface area contributed by atoms with Gasteiger partial charge in [0.05, 0.1) is 15.1 Å². The predicted molar refractivity (Wildman–Crippen MR) is 147 cm³/mol. The number of benzene rings is 3. The highest BCUT2D eigenvalue weighted by Crippen LogP contribution is 2.26. The van der Waals surface area contributed by atoms with Gasteiger partial charge < -0.3 is 0 Å². The molecule has 0 saturated carbocycles. The molecule has 0 aliphatic rings. The molecule has 6 aromatic rings. The van der Waals surface area contributed by atoms with E-state index >= 15 is 0 Å². The topological polar surface area (TPSA) is 108 Å². The second kappa shape index (κ2) is 9.68. The summed E-state index contributed by atoms with van der Waals surface area (Å²) < 4.78 is 3.47. The molecule has 9 nitrogen and oxygen atoms in total. The first kappa shape index (κ1) is 23.2. The fourth-order valence-corrected chi connectivity index (χ4v) is 4.87. The number of nitro benzene ring substituents is 1. The molecule has 3 aromatic carbocycles. The maximum absolute atomic E-state index is 13.2. The van der Waals surface area contributed by atoms with E-state index in [1.165, 1.54) is 28.0 Å². The number of hydrogen-bond donors (Lipinski definition) is 0. The summed E-state index contributed by atoms with van der Waals surface area (Å²) in [6.45, 7) is 0. The Balaban J connectivity index is 1.42. The zero-order chi connectivity index (χ0) is 26.1. The van der Waals surface area contributed by atoms with Crippen molar-refractivity contribution in [2.45, 2.75) is 0 Å². The van der Waals surface area contributed by atoms with E-state index in [0.717, 1.165) is 11.3 Å². The van der Waals surface area contributed by atoms with Gasteiger partial charge in [-0.3, -0.25) is 14.9 Å². The molecule has 0 atom stereocenters. The summed E-state index contributed by atoms with van der Waals surface area (Å²) in [7, 11) is 0. The molecular weight excluding hydrogens is 500 g/mol. The number of fused-ring (bicyclic) bond motifs is 1. The van der Waals surface area contributed by atoms with Gasteiger partial charge in [0.15, 0.2) is 5.82 Å². The van der Waals surface area contributed by atoms with Gasteiger partial charge in [-0.25, -0.2) is 4.68 Å². The van der Waals surface area contributed by atoms with Crippen molar-refractivity contribution < 1.29 is 4.92 Å². The molecule has 0 aliphatic heterocycles. The molecule has 0 saturated heterocycles. The summed E-state index contributed by atoms with van der Waals surface area (Å²) in [6, 6.07) is 25.5. The summed E-state index contributed by atoms with van der Waals surface area (Å²) in [4.78, 5) is 28.8. The second-order valence-corrected chi connectivity index (χ2v) is 9.35. The predicted octanol–water partition coefficient (Wildman–Crippen LogP) is 4.63. The van der Waals surface area contributed by atoms with Crippen LogP contribution >= 0.6 is 11.3 Å². The van der Waals surface area contributed by atoms with Crippen molar-refractivity contribution in [3.8, 4) is 16.9 Å². The van der Waals surface area contributed by atoms with Crippen LogP contribution in [0.3, 0.4) is 0 Å². The third-order valence-corrected chi connectivity index (χ3v) is 6.78. The second-order valence-electron chi connectivity index (χ2n) is 8.34. The minimum Gasteiger partial charge on any atom is -0.266 e. The number of rotatable bonds is 6. The van der Waals surface area contributed by atoms with Crippen molar-refractivity contribution in [1.82, 2.24) is 24.4 Å². The first-order valence-corrected chi connectivity index (χ1v) is 12.4. The first-order valence-electron chi connectivity index (χ1n) is 11.6. The molecule has 0 spiro atoms. The van der Waals surface area contributed by atoms with E-state index in [2.05, 4.69) is 10.1 Å². The maximum atomic E-state index is 13.2. The van der Waals surface area contributed by atoms with Crippen molar-refractivity contribution in [3.63, 3.8) is 0 Å². The molecule has 6 rings (SSSR count). The fraction of sp³-hybridized carbons (Fsp3) is 0. The summed E-state index contributed by atoms with van der Waals surface area (Å²) in [6.07, 6.45) is 7.25. The number of thiazole rings is 1. The van der Waals surface area contributed by atoms with Crippen LogP contribution in [0.25, 0.3) is 40.1 Å². The van der Waals surface area contributed by atoms with E-state index in [4.69, 9.17) is 5.10 Å². The van der Waals surface area contributed by atoms with Crippen molar-refractivity contribution in [2.75, 3.05) is 0 Å². The summed E-state index contributed by atoms with van der Waals surface area (Å²) in [5.74, 6) is 0.451. The van der Waals surface area contributed by atoms with Gasteiger partial charge in [0, 0.05) is 29.5 Å². The van der Waals surface area contributed by atoms with Crippen LogP contribution in [0.2, 0.25) is 0 Å². The Morgan fingerprint density at radius 2 is 1.58 bits per heavy atom. The van der Waals surface area contributed by atoms with Gasteiger partial charge in [-0.1, -0.05) is 65.9 Å². The first-order chi connectivity index (χ1) is 18.5. The number of nitrogens with zero attached hydrogens (tertiary/aromatic N) is 6. The molecule has 0 unspecified atom stereocenters. The van der Waals surface area contributed by atoms with E-state index in [-0.39, 0.29) is 11.2 Å². The summed E-state index contributed by atoms with van der Waals surface area (Å²) in [5, 5.41) is 20.2. The Morgan fingerprint density at radius 1 is 0.868 bits per heavy atom. The highest BCUT2D eigenvalue weighted by molar-refractivity contribution is 7.15. The molecule has 0 amide bonds. The van der Waals surface area contributed by atoms with E-state index in [1.54, 1.807) is 29.0 Å². The van der Waals surface area contributed by atoms with Gasteiger partial charge in [-0.05, 0) is 42.0 Å². The lowest BCUT2D eigenvalue weighted by Gasteiger charge is -2.00. The van der Waals surface area contributed by atoms with Gasteiger partial charge in [-0.15, -0.1) is 5.10 Å². The smallest absolute Gasteiger partial charge is 0.266 e. The molecule has 3 aromatic heterocycles. The molecule has 0 radical (unpaired) electrons. The highest BCUT2D eigenvalue weighted by atomic mass is 32.1. The SMILES string of the molecule is O=c1c(=Cc2cn(-c3ccccc3)nc2-c2ccc([N+](=O)[O-])cc2)sc2nc(C=Cc3ccccc3)nn12. The third kappa shape index (κ3) is 4.51. The largest absolute Gasteiger partial charge is 0.291 e. The lowest BCUT2D eigenvalue weighted by Crippen LogP contribution is -2.23. The zero-order valence-electron chi connectivity index (χ0n) is 19.7. The molecular formula is C28H18N6O3S. The van der Waals surface area contributed by atoms with E-state index in [1.807, 2.05) is 72.9 Å². The molecule has 3 heterocycles. The van der Waals surface area contributed by atoms with Crippen molar-refractivity contribution in [2.24, 2.45) is 0 Å². The van der Waals surface area contributed by atoms with Crippen LogP contribution in [0.5, 0.6) is 0 Å². The number of para-hydroxylation sites is 1. The van der Waals surface area contributed by atoms with Crippen LogP contribution in [0, 0.1) is 10.1 Å². The molecule has 0 N–H and O–H groups in total. The van der Waals surface area contributed by atoms with Crippen LogP contribution < -0.4 is 10.1 Å². The summed E-state index contributed by atoms with van der Waals surface area (Å²) in [5.41, 5.74) is 3.54. The number of non-ortho nitro benzene ring substituents is 1. The van der Waals surface area contributed by atoms with E-state index < -0.39 is 4.92 Å². The maximum Gasteiger partial charge on any atom is 0.291 e. The Labute approximate surface area is 219 Å². The minimum atomic E-state index is -0.444. The van der Waals surface area contributed by atoms with Gasteiger partial charge in [0.25, 0.3) is 11.2 Å². The standard InChI is InChI=1S/C28H18N6O3S/c35-27-24(38-28-29-25(30-33(27)28)16-11-19-7-3-1-4-8-19)17-21-18-32(22-9-5-2-6-10-22)31-26(21)20-12-14-23(15-13-20)34(36)37/h1-18H. The van der Waals surface area contributed by atoms with Gasteiger partial charge in [-0.2, -0.15) is 14.6 Å². The third-order valence-electron chi connectivity index (χ3n) is 5.82. The van der Waals surface area contributed by atoms with Crippen LogP contribution in [-0.2, 0) is 0 Å². The Morgan fingerprint density at radius 3 is 2.26 bits per heavy atom. The van der Waals surface area contributed by atoms with Gasteiger partial charge in [0.2, 0.25) is 4.96 Å². The van der Waals surface area contributed by atoms with Crippen LogP contribution in [0.1, 0.15) is 17.0 Å². The zero-order valence-corrected chi connectivity index (χ0v) is 20.5. The van der Waals surface area contributed by atoms with E-state index in [9.17, 15) is 14.9 Å². The van der Waals surface area contributed by atoms with Gasteiger partial charge in [0.1, 0.15) is 5.69 Å². The number of nitro groups is 1. The Hall–Kier alpha value is -5.22. The average Bonchev–Trinajstić information content (AvgIpc) is 3.63. The van der Waals surface area contributed by atoms with Crippen molar-refractivity contribution in [3.05, 3.63) is 133 Å². The number of aromatic nitrogens is 5. The lowest BCUT2D eigenvalue weighted by molar-refractivity contribution is -0.384. The van der Waals surface area contributed by atoms with Crippen molar-refractivity contribution >= 4 is 40.2 Å². The molecule has 0 aliphatic carbocycles. The van der Waals surface area contributed by atoms with Gasteiger partial charge >= 0.3 is 0 Å². The number of hydrogen-bond acceptors (Lipinski definition) is 7. The Kier molecular flexibility index (Phi) is 5.91. The summed E-state index contributed by atoms with van der Waals surface area (Å²) >= 11 is 1.24. The van der Waals surface area contributed by atoms with Crippen molar-refractivity contribution in [1.29, 1.82) is 0 Å². The average molecular weight is 519 g/mol. The van der Waals surface area contributed by atoms with Crippen LogP contribution in [0.4, 0.5) is 5.69 Å². The lowest BCUT2D eigenvalue weighted by atomic mass is 10.1. The molecule has 184 valence electrons. The molecule has 0 fully saturated rings.